The van der Waals surface area contributed by atoms with Crippen LogP contribution in [0.15, 0.2) is 42.6 Å². The second-order valence-electron chi connectivity index (χ2n) is 9.54. The SMILES string of the molecule is CC(C)(O)CNC(=O)C1[C@H]2CN(Cc3ccc([C@H]4COc5cccnc5O4)cc3)C[C@@H]12. The van der Waals surface area contributed by atoms with Gasteiger partial charge in [0.2, 0.25) is 5.91 Å². The predicted molar refractivity (Wildman–Crippen MR) is 115 cm³/mol. The molecule has 1 amide bonds. The lowest BCUT2D eigenvalue weighted by molar-refractivity contribution is -0.124. The highest BCUT2D eigenvalue weighted by molar-refractivity contribution is 5.82. The number of nitrogens with one attached hydrogen (secondary N) is 1. The third-order valence-electron chi connectivity index (χ3n) is 6.41. The summed E-state index contributed by atoms with van der Waals surface area (Å²) in [6.07, 6.45) is 1.55. The number of carbonyl (C=O) groups is 1. The first-order valence-electron chi connectivity index (χ1n) is 10.9. The molecule has 4 atom stereocenters. The summed E-state index contributed by atoms with van der Waals surface area (Å²) in [4.78, 5) is 19.0. The van der Waals surface area contributed by atoms with E-state index in [1.807, 2.05) is 12.1 Å². The number of hydrogen-bond acceptors (Lipinski definition) is 6. The van der Waals surface area contributed by atoms with Crippen molar-refractivity contribution in [3.63, 3.8) is 0 Å². The summed E-state index contributed by atoms with van der Waals surface area (Å²) in [5, 5.41) is 12.7. The number of rotatable bonds is 6. The molecule has 31 heavy (non-hydrogen) atoms. The summed E-state index contributed by atoms with van der Waals surface area (Å²) >= 11 is 0. The van der Waals surface area contributed by atoms with Crippen LogP contribution in [0.25, 0.3) is 0 Å². The van der Waals surface area contributed by atoms with Gasteiger partial charge in [0.05, 0.1) is 5.60 Å². The van der Waals surface area contributed by atoms with Crippen LogP contribution in [0.1, 0.15) is 31.1 Å². The number of benzene rings is 1. The maximum Gasteiger partial charge on any atom is 0.257 e. The van der Waals surface area contributed by atoms with Crippen molar-refractivity contribution in [1.82, 2.24) is 15.2 Å². The van der Waals surface area contributed by atoms with Gasteiger partial charge < -0.3 is 19.9 Å². The molecule has 1 saturated heterocycles. The van der Waals surface area contributed by atoms with Crippen LogP contribution in [-0.4, -0.2) is 52.7 Å². The lowest BCUT2D eigenvalue weighted by Crippen LogP contribution is -2.40. The van der Waals surface area contributed by atoms with Crippen molar-refractivity contribution in [2.45, 2.75) is 32.1 Å². The smallest absolute Gasteiger partial charge is 0.257 e. The van der Waals surface area contributed by atoms with E-state index in [0.717, 1.165) is 25.2 Å². The van der Waals surface area contributed by atoms with Crippen molar-refractivity contribution in [3.05, 3.63) is 53.7 Å². The number of pyridine rings is 1. The van der Waals surface area contributed by atoms with Gasteiger partial charge in [-0.3, -0.25) is 9.69 Å². The second-order valence-corrected chi connectivity index (χ2v) is 9.54. The van der Waals surface area contributed by atoms with Crippen molar-refractivity contribution in [2.75, 3.05) is 26.2 Å². The monoisotopic (exact) mass is 423 g/mol. The normalized spacial score (nSPS) is 26.9. The molecule has 2 aromatic rings. The Morgan fingerprint density at radius 2 is 1.97 bits per heavy atom. The summed E-state index contributed by atoms with van der Waals surface area (Å²) < 4.78 is 11.8. The van der Waals surface area contributed by atoms with Crippen LogP contribution in [0, 0.1) is 17.8 Å². The molecule has 164 valence electrons. The number of piperidine rings is 1. The molecule has 3 heterocycles. The molecule has 1 unspecified atom stereocenters. The molecular formula is C24H29N3O4. The minimum atomic E-state index is -0.869. The van der Waals surface area contributed by atoms with Crippen molar-refractivity contribution in [1.29, 1.82) is 0 Å². The highest BCUT2D eigenvalue weighted by Gasteiger charge is 2.59. The van der Waals surface area contributed by atoms with Gasteiger partial charge in [-0.25, -0.2) is 4.98 Å². The van der Waals surface area contributed by atoms with Crippen LogP contribution in [0.5, 0.6) is 11.6 Å². The summed E-state index contributed by atoms with van der Waals surface area (Å²) in [6, 6.07) is 12.2. The Morgan fingerprint density at radius 1 is 1.23 bits per heavy atom. The number of fused-ring (bicyclic) bond motifs is 2. The Hall–Kier alpha value is -2.64. The van der Waals surface area contributed by atoms with Gasteiger partial charge in [-0.15, -0.1) is 0 Å². The second kappa shape index (κ2) is 7.80. The molecule has 1 aromatic carbocycles. The summed E-state index contributed by atoms with van der Waals surface area (Å²) in [5.41, 5.74) is 1.46. The highest BCUT2D eigenvalue weighted by atomic mass is 16.6. The Morgan fingerprint density at radius 3 is 2.68 bits per heavy atom. The first kappa shape index (κ1) is 20.3. The van der Waals surface area contributed by atoms with Crippen LogP contribution >= 0.6 is 0 Å². The van der Waals surface area contributed by atoms with Crippen LogP contribution in [-0.2, 0) is 11.3 Å². The molecule has 1 aliphatic carbocycles. The van der Waals surface area contributed by atoms with E-state index in [2.05, 4.69) is 39.5 Å². The van der Waals surface area contributed by atoms with Gasteiger partial charge in [-0.05, 0) is 48.9 Å². The van der Waals surface area contributed by atoms with E-state index in [1.54, 1.807) is 20.0 Å². The van der Waals surface area contributed by atoms with Gasteiger partial charge >= 0.3 is 0 Å². The molecule has 2 N–H and O–H groups in total. The average Bonchev–Trinajstić information content (AvgIpc) is 3.27. The largest absolute Gasteiger partial charge is 0.484 e. The van der Waals surface area contributed by atoms with Crippen LogP contribution in [0.3, 0.4) is 0 Å². The Bertz CT molecular complexity index is 944. The number of carbonyl (C=O) groups excluding carboxylic acids is 1. The van der Waals surface area contributed by atoms with E-state index >= 15 is 0 Å². The topological polar surface area (TPSA) is 83.9 Å². The summed E-state index contributed by atoms with van der Waals surface area (Å²) in [6.45, 7) is 6.98. The molecular weight excluding hydrogens is 394 g/mol. The van der Waals surface area contributed by atoms with Gasteiger partial charge in [0, 0.05) is 38.3 Å². The number of aliphatic hydroxyl groups is 1. The first-order chi connectivity index (χ1) is 14.9. The molecule has 7 heteroatoms. The zero-order chi connectivity index (χ0) is 21.6. The molecule has 2 fully saturated rings. The molecule has 0 bridgehead atoms. The Kier molecular flexibility index (Phi) is 5.10. The molecule has 5 rings (SSSR count). The summed E-state index contributed by atoms with van der Waals surface area (Å²) in [7, 11) is 0. The third-order valence-corrected chi connectivity index (χ3v) is 6.41. The standard InChI is InChI=1S/C24H29N3O4/c1-24(2,29)14-26-22(28)21-17-11-27(12-18(17)21)10-15-5-7-16(8-6-15)20-13-30-19-4-3-9-25-23(19)31-20/h3-9,17-18,20-21,29H,10-14H2,1-2H3,(H,26,28)/t17-,18+,20-,21?/m1/s1. The minimum Gasteiger partial charge on any atom is -0.484 e. The van der Waals surface area contributed by atoms with E-state index in [9.17, 15) is 9.90 Å². The number of hydrogen-bond donors (Lipinski definition) is 2. The molecule has 1 saturated carbocycles. The van der Waals surface area contributed by atoms with E-state index in [4.69, 9.17) is 9.47 Å². The van der Waals surface area contributed by atoms with Crippen molar-refractivity contribution >= 4 is 5.91 Å². The highest BCUT2D eigenvalue weighted by Crippen LogP contribution is 2.52. The zero-order valence-electron chi connectivity index (χ0n) is 18.0. The van der Waals surface area contributed by atoms with Gasteiger partial charge in [0.1, 0.15) is 6.61 Å². The molecule has 0 spiro atoms. The van der Waals surface area contributed by atoms with Crippen LogP contribution in [0.4, 0.5) is 0 Å². The van der Waals surface area contributed by atoms with Gasteiger partial charge in [0.15, 0.2) is 11.9 Å². The van der Waals surface area contributed by atoms with Crippen LogP contribution in [0.2, 0.25) is 0 Å². The summed E-state index contributed by atoms with van der Waals surface area (Å²) in [5.74, 6) is 2.32. The minimum absolute atomic E-state index is 0.0897. The molecule has 1 aromatic heterocycles. The van der Waals surface area contributed by atoms with Crippen LogP contribution < -0.4 is 14.8 Å². The molecule has 7 nitrogen and oxygen atoms in total. The van der Waals surface area contributed by atoms with Crippen molar-refractivity contribution in [3.8, 4) is 11.6 Å². The molecule has 2 aliphatic heterocycles. The molecule has 3 aliphatic rings. The van der Waals surface area contributed by atoms with Gasteiger partial charge in [0.25, 0.3) is 5.88 Å². The predicted octanol–water partition coefficient (Wildman–Crippen LogP) is 2.16. The maximum atomic E-state index is 12.3. The number of aromatic nitrogens is 1. The fourth-order valence-electron chi connectivity index (χ4n) is 4.72. The van der Waals surface area contributed by atoms with Gasteiger partial charge in [-0.1, -0.05) is 24.3 Å². The lowest BCUT2D eigenvalue weighted by atomic mass is 10.1. The quantitative estimate of drug-likeness (QED) is 0.741. The van der Waals surface area contributed by atoms with Crippen molar-refractivity contribution < 1.29 is 19.4 Å². The number of amides is 1. The van der Waals surface area contributed by atoms with E-state index in [0.29, 0.717) is 36.6 Å². The fraction of sp³-hybridized carbons (Fsp3) is 0.500. The lowest BCUT2D eigenvalue weighted by Gasteiger charge is -2.26. The van der Waals surface area contributed by atoms with E-state index in [1.165, 1.54) is 5.56 Å². The maximum absolute atomic E-state index is 12.3. The molecule has 0 radical (unpaired) electrons. The number of nitrogens with zero attached hydrogens (tertiary/aromatic N) is 2. The van der Waals surface area contributed by atoms with Crippen molar-refractivity contribution in [2.24, 2.45) is 17.8 Å². The average molecular weight is 424 g/mol. The fourth-order valence-corrected chi connectivity index (χ4v) is 4.72. The Labute approximate surface area is 182 Å². The first-order valence-corrected chi connectivity index (χ1v) is 10.9. The number of ether oxygens (including phenoxy) is 2. The Balaban J connectivity index is 1.11. The third kappa shape index (κ3) is 4.38. The van der Waals surface area contributed by atoms with E-state index in [-0.39, 0.29) is 17.9 Å². The van der Waals surface area contributed by atoms with Gasteiger partial charge in [-0.2, -0.15) is 0 Å². The van der Waals surface area contributed by atoms with E-state index < -0.39 is 5.60 Å². The number of likely N-dealkylation sites (tertiary alicyclic amines) is 1. The zero-order valence-corrected chi connectivity index (χ0v) is 18.0.